The van der Waals surface area contributed by atoms with Gasteiger partial charge in [-0.2, -0.15) is 0 Å². The lowest BCUT2D eigenvalue weighted by molar-refractivity contribution is -0.309. The normalized spacial score (nSPS) is 25.1. The standard InChI is InChI=1S/C27H30O6/c28-24-23(19-30-16-20-10-4-1-5-11-20)33-27(29)26(32-18-22-14-8-3-9-15-22)25(24)31-17-21-12-6-2-7-13-21/h1-15,23-29H,16-19H2/t23?,24-,25?,26?,27-/m1/s1. The highest BCUT2D eigenvalue weighted by Crippen LogP contribution is 2.27. The summed E-state index contributed by atoms with van der Waals surface area (Å²) < 4.78 is 23.5. The van der Waals surface area contributed by atoms with E-state index in [1.165, 1.54) is 0 Å². The Morgan fingerprint density at radius 3 is 1.58 bits per heavy atom. The second-order valence-corrected chi connectivity index (χ2v) is 8.08. The zero-order valence-corrected chi connectivity index (χ0v) is 18.4. The lowest BCUT2D eigenvalue weighted by Crippen LogP contribution is -2.60. The minimum absolute atomic E-state index is 0.115. The van der Waals surface area contributed by atoms with Crippen LogP contribution in [0.5, 0.6) is 0 Å². The molecular weight excluding hydrogens is 420 g/mol. The molecule has 0 spiro atoms. The van der Waals surface area contributed by atoms with E-state index in [2.05, 4.69) is 0 Å². The maximum absolute atomic E-state index is 11.1. The molecule has 1 saturated heterocycles. The molecule has 6 heteroatoms. The number of hydrogen-bond acceptors (Lipinski definition) is 6. The topological polar surface area (TPSA) is 77.4 Å². The van der Waals surface area contributed by atoms with E-state index in [9.17, 15) is 10.2 Å². The van der Waals surface area contributed by atoms with Gasteiger partial charge < -0.3 is 29.2 Å². The first-order chi connectivity index (χ1) is 16.2. The van der Waals surface area contributed by atoms with Crippen molar-refractivity contribution in [2.75, 3.05) is 6.61 Å². The minimum atomic E-state index is -1.26. The number of rotatable bonds is 10. The fraction of sp³-hybridized carbons (Fsp3) is 0.333. The van der Waals surface area contributed by atoms with E-state index in [-0.39, 0.29) is 19.8 Å². The molecule has 0 aliphatic carbocycles. The second kappa shape index (κ2) is 12.0. The van der Waals surface area contributed by atoms with Gasteiger partial charge in [-0.1, -0.05) is 91.0 Å². The summed E-state index contributed by atoms with van der Waals surface area (Å²) in [5, 5.41) is 21.8. The summed E-state index contributed by atoms with van der Waals surface area (Å²) in [7, 11) is 0. The van der Waals surface area contributed by atoms with Gasteiger partial charge in [0.05, 0.1) is 26.4 Å². The number of benzene rings is 3. The van der Waals surface area contributed by atoms with Crippen LogP contribution in [-0.2, 0) is 38.8 Å². The molecular formula is C27H30O6. The van der Waals surface area contributed by atoms with Crippen molar-refractivity contribution in [3.8, 4) is 0 Å². The van der Waals surface area contributed by atoms with Crippen LogP contribution >= 0.6 is 0 Å². The van der Waals surface area contributed by atoms with E-state index >= 15 is 0 Å². The van der Waals surface area contributed by atoms with Gasteiger partial charge in [-0.05, 0) is 16.7 Å². The van der Waals surface area contributed by atoms with Gasteiger partial charge in [-0.25, -0.2) is 0 Å². The Balaban J connectivity index is 1.41. The van der Waals surface area contributed by atoms with Crippen LogP contribution in [0.2, 0.25) is 0 Å². The molecule has 1 aliphatic rings. The molecule has 3 aromatic rings. The third kappa shape index (κ3) is 6.71. The van der Waals surface area contributed by atoms with Gasteiger partial charge in [0, 0.05) is 0 Å². The lowest BCUT2D eigenvalue weighted by Gasteiger charge is -2.42. The Morgan fingerprint density at radius 2 is 1.06 bits per heavy atom. The van der Waals surface area contributed by atoms with E-state index in [0.717, 1.165) is 16.7 Å². The van der Waals surface area contributed by atoms with Crippen molar-refractivity contribution in [2.45, 2.75) is 50.5 Å². The molecule has 2 N–H and O–H groups in total. The highest BCUT2D eigenvalue weighted by Gasteiger charge is 2.46. The fourth-order valence-corrected chi connectivity index (χ4v) is 3.81. The van der Waals surface area contributed by atoms with Crippen molar-refractivity contribution in [1.29, 1.82) is 0 Å². The Hall–Kier alpha value is -2.58. The number of ether oxygens (including phenoxy) is 4. The molecule has 0 saturated carbocycles. The summed E-state index contributed by atoms with van der Waals surface area (Å²) in [6.45, 7) is 1.04. The number of hydrogen-bond donors (Lipinski definition) is 2. The molecule has 3 aromatic carbocycles. The van der Waals surface area contributed by atoms with Crippen molar-refractivity contribution >= 4 is 0 Å². The molecule has 0 aromatic heterocycles. The van der Waals surface area contributed by atoms with Crippen molar-refractivity contribution in [2.24, 2.45) is 0 Å². The van der Waals surface area contributed by atoms with Crippen molar-refractivity contribution in [3.63, 3.8) is 0 Å². The molecule has 4 rings (SSSR count). The maximum Gasteiger partial charge on any atom is 0.184 e. The van der Waals surface area contributed by atoms with Crippen molar-refractivity contribution in [3.05, 3.63) is 108 Å². The molecule has 3 unspecified atom stereocenters. The molecule has 174 valence electrons. The summed E-state index contributed by atoms with van der Waals surface area (Å²) in [6, 6.07) is 29.1. The van der Waals surface area contributed by atoms with E-state index < -0.39 is 30.7 Å². The van der Waals surface area contributed by atoms with Crippen molar-refractivity contribution in [1.82, 2.24) is 0 Å². The molecule has 5 atom stereocenters. The van der Waals surface area contributed by atoms with Crippen LogP contribution in [0, 0.1) is 0 Å². The molecule has 0 amide bonds. The van der Waals surface area contributed by atoms with Crippen LogP contribution in [0.4, 0.5) is 0 Å². The molecule has 1 heterocycles. The maximum atomic E-state index is 11.1. The van der Waals surface area contributed by atoms with Crippen LogP contribution in [0.25, 0.3) is 0 Å². The zero-order chi connectivity index (χ0) is 22.9. The Morgan fingerprint density at radius 1 is 0.606 bits per heavy atom. The lowest BCUT2D eigenvalue weighted by atomic mass is 9.98. The van der Waals surface area contributed by atoms with Gasteiger partial charge in [-0.3, -0.25) is 0 Å². The number of aliphatic hydroxyl groups excluding tert-OH is 2. The quantitative estimate of drug-likeness (QED) is 0.493. The Kier molecular flexibility index (Phi) is 8.60. The fourth-order valence-electron chi connectivity index (χ4n) is 3.81. The number of aliphatic hydroxyl groups is 2. The van der Waals surface area contributed by atoms with Gasteiger partial charge in [0.2, 0.25) is 0 Å². The molecule has 0 bridgehead atoms. The summed E-state index contributed by atoms with van der Waals surface area (Å²) in [5.41, 5.74) is 2.93. The van der Waals surface area contributed by atoms with Gasteiger partial charge in [0.15, 0.2) is 6.29 Å². The second-order valence-electron chi connectivity index (χ2n) is 8.08. The van der Waals surface area contributed by atoms with Gasteiger partial charge >= 0.3 is 0 Å². The highest BCUT2D eigenvalue weighted by atomic mass is 16.7. The summed E-state index contributed by atoms with van der Waals surface area (Å²) >= 11 is 0. The van der Waals surface area contributed by atoms with Crippen LogP contribution in [0.15, 0.2) is 91.0 Å². The Labute approximate surface area is 194 Å². The smallest absolute Gasteiger partial charge is 0.184 e. The largest absolute Gasteiger partial charge is 0.387 e. The molecule has 33 heavy (non-hydrogen) atoms. The SMILES string of the molecule is O[C@@H]1C(COCc2ccccc2)O[C@@H](O)C(OCc2ccccc2)C1OCc1ccccc1. The molecule has 0 radical (unpaired) electrons. The van der Waals surface area contributed by atoms with E-state index in [1.807, 2.05) is 91.0 Å². The van der Waals surface area contributed by atoms with Crippen LogP contribution < -0.4 is 0 Å². The first kappa shape index (κ1) is 23.6. The van der Waals surface area contributed by atoms with E-state index in [4.69, 9.17) is 18.9 Å². The molecule has 1 fully saturated rings. The molecule has 6 nitrogen and oxygen atoms in total. The van der Waals surface area contributed by atoms with Crippen LogP contribution in [-0.4, -0.2) is 47.5 Å². The van der Waals surface area contributed by atoms with E-state index in [1.54, 1.807) is 0 Å². The predicted molar refractivity (Wildman–Crippen MR) is 123 cm³/mol. The van der Waals surface area contributed by atoms with Crippen LogP contribution in [0.1, 0.15) is 16.7 Å². The summed E-state index contributed by atoms with van der Waals surface area (Å²) in [6.07, 6.45) is -4.68. The first-order valence-corrected chi connectivity index (χ1v) is 11.1. The monoisotopic (exact) mass is 450 g/mol. The predicted octanol–water partition coefficient (Wildman–Crippen LogP) is 3.45. The van der Waals surface area contributed by atoms with Crippen molar-refractivity contribution < 1.29 is 29.2 Å². The van der Waals surface area contributed by atoms with Gasteiger partial charge in [-0.15, -0.1) is 0 Å². The van der Waals surface area contributed by atoms with Crippen LogP contribution in [0.3, 0.4) is 0 Å². The average molecular weight is 451 g/mol. The first-order valence-electron chi connectivity index (χ1n) is 11.1. The minimum Gasteiger partial charge on any atom is -0.387 e. The summed E-state index contributed by atoms with van der Waals surface area (Å²) in [4.78, 5) is 0. The average Bonchev–Trinajstić information content (AvgIpc) is 2.86. The molecule has 1 aliphatic heterocycles. The highest BCUT2D eigenvalue weighted by molar-refractivity contribution is 5.15. The third-order valence-electron chi connectivity index (χ3n) is 5.60. The van der Waals surface area contributed by atoms with Gasteiger partial charge in [0.25, 0.3) is 0 Å². The third-order valence-corrected chi connectivity index (χ3v) is 5.60. The van der Waals surface area contributed by atoms with E-state index in [0.29, 0.717) is 6.61 Å². The summed E-state index contributed by atoms with van der Waals surface area (Å²) in [5.74, 6) is 0. The zero-order valence-electron chi connectivity index (χ0n) is 18.4. The Bertz CT molecular complexity index is 937. The van der Waals surface area contributed by atoms with Gasteiger partial charge in [0.1, 0.15) is 24.4 Å².